The molecule has 7 nitrogen and oxygen atoms in total. The number of ether oxygens (including phenoxy) is 2. The molecule has 2 heterocycles. The normalized spacial score (nSPS) is 16.6. The lowest BCUT2D eigenvalue weighted by atomic mass is 10.1. The number of imidazole rings is 1. The van der Waals surface area contributed by atoms with Gasteiger partial charge in [-0.15, -0.1) is 0 Å². The predicted molar refractivity (Wildman–Crippen MR) is 118 cm³/mol. The number of benzene rings is 1. The van der Waals surface area contributed by atoms with E-state index in [4.69, 9.17) is 9.47 Å². The first-order chi connectivity index (χ1) is 14.7. The summed E-state index contributed by atoms with van der Waals surface area (Å²) in [6.45, 7) is 4.45. The highest BCUT2D eigenvalue weighted by Crippen LogP contribution is 2.28. The molecule has 0 radical (unpaired) electrons. The molecule has 2 aromatic rings. The topological polar surface area (TPSA) is 71.8 Å². The molecule has 1 atom stereocenters. The Kier molecular flexibility index (Phi) is 8.99. The second kappa shape index (κ2) is 11.9. The second-order valence-electron chi connectivity index (χ2n) is 8.08. The average molecular weight is 417 g/mol. The van der Waals surface area contributed by atoms with Gasteiger partial charge in [-0.05, 0) is 43.6 Å². The van der Waals surface area contributed by atoms with Gasteiger partial charge >= 0.3 is 0 Å². The van der Waals surface area contributed by atoms with Crippen LogP contribution >= 0.6 is 0 Å². The number of methoxy groups -OCH3 is 1. The highest BCUT2D eigenvalue weighted by Gasteiger charge is 2.15. The van der Waals surface area contributed by atoms with Gasteiger partial charge in [0, 0.05) is 32.5 Å². The van der Waals surface area contributed by atoms with Crippen molar-refractivity contribution in [2.24, 2.45) is 7.05 Å². The summed E-state index contributed by atoms with van der Waals surface area (Å²) in [5.41, 5.74) is 1.10. The third-order valence-corrected chi connectivity index (χ3v) is 5.61. The highest BCUT2D eigenvalue weighted by molar-refractivity contribution is 5.43. The van der Waals surface area contributed by atoms with Crippen LogP contribution in [0.1, 0.15) is 43.5 Å². The third kappa shape index (κ3) is 7.00. The minimum Gasteiger partial charge on any atom is -0.493 e. The number of nitrogens with zero attached hydrogens (tertiary/aromatic N) is 3. The van der Waals surface area contributed by atoms with Crippen molar-refractivity contribution in [1.82, 2.24) is 19.8 Å². The van der Waals surface area contributed by atoms with Crippen molar-refractivity contribution in [3.05, 3.63) is 42.0 Å². The highest BCUT2D eigenvalue weighted by atomic mass is 16.5. The van der Waals surface area contributed by atoms with Crippen molar-refractivity contribution < 1.29 is 14.6 Å². The van der Waals surface area contributed by atoms with Gasteiger partial charge in [-0.2, -0.15) is 0 Å². The fourth-order valence-corrected chi connectivity index (χ4v) is 3.86. The van der Waals surface area contributed by atoms with Crippen LogP contribution < -0.4 is 14.8 Å². The summed E-state index contributed by atoms with van der Waals surface area (Å²) >= 11 is 0. The quantitative estimate of drug-likeness (QED) is 0.621. The summed E-state index contributed by atoms with van der Waals surface area (Å²) in [6, 6.07) is 5.92. The number of aromatic nitrogens is 2. The van der Waals surface area contributed by atoms with Crippen molar-refractivity contribution in [2.45, 2.75) is 51.3 Å². The Hall–Kier alpha value is -2.09. The van der Waals surface area contributed by atoms with E-state index >= 15 is 0 Å². The second-order valence-corrected chi connectivity index (χ2v) is 8.08. The molecule has 1 aromatic heterocycles. The number of rotatable bonds is 10. The molecule has 1 aliphatic heterocycles. The Morgan fingerprint density at radius 3 is 2.57 bits per heavy atom. The van der Waals surface area contributed by atoms with Gasteiger partial charge in [-0.3, -0.25) is 0 Å². The summed E-state index contributed by atoms with van der Waals surface area (Å²) < 4.78 is 13.4. The molecule has 1 aliphatic rings. The van der Waals surface area contributed by atoms with Crippen LogP contribution in [0.15, 0.2) is 30.6 Å². The van der Waals surface area contributed by atoms with Crippen LogP contribution in [0, 0.1) is 0 Å². The zero-order chi connectivity index (χ0) is 21.2. The van der Waals surface area contributed by atoms with E-state index in [9.17, 15) is 5.11 Å². The van der Waals surface area contributed by atoms with E-state index < -0.39 is 6.10 Å². The van der Waals surface area contributed by atoms with Gasteiger partial charge in [0.25, 0.3) is 0 Å². The van der Waals surface area contributed by atoms with Gasteiger partial charge in [0.05, 0.1) is 13.7 Å². The van der Waals surface area contributed by atoms with Crippen LogP contribution in [0.5, 0.6) is 11.5 Å². The number of β-amino-alcohol motifs (C(OH)–C–C–N with tert-alkyl or cyclic N) is 1. The Morgan fingerprint density at radius 1 is 1.10 bits per heavy atom. The molecule has 0 saturated carbocycles. The summed E-state index contributed by atoms with van der Waals surface area (Å²) in [7, 11) is 3.62. The van der Waals surface area contributed by atoms with Gasteiger partial charge in [-0.1, -0.05) is 25.3 Å². The van der Waals surface area contributed by atoms with E-state index in [1.54, 1.807) is 13.3 Å². The van der Waals surface area contributed by atoms with E-state index in [-0.39, 0.29) is 6.61 Å². The molecule has 0 aliphatic carbocycles. The standard InChI is InChI=1S/C23H36N4O3/c1-26-13-10-25-23(26)16-24-15-19-8-9-21(29-2)22(14-19)30-18-20(28)17-27-11-6-4-3-5-7-12-27/h8-10,13-14,20,24,28H,3-7,11-12,15-18H2,1-2H3. The molecular formula is C23H36N4O3. The molecule has 1 aromatic carbocycles. The van der Waals surface area contributed by atoms with Crippen molar-refractivity contribution in [1.29, 1.82) is 0 Å². The van der Waals surface area contributed by atoms with E-state index in [1.165, 1.54) is 32.1 Å². The van der Waals surface area contributed by atoms with Crippen LogP contribution in [-0.2, 0) is 20.1 Å². The van der Waals surface area contributed by atoms with Gasteiger partial charge in [0.2, 0.25) is 0 Å². The Balaban J connectivity index is 1.49. The number of aliphatic hydroxyl groups is 1. The molecule has 7 heteroatoms. The largest absolute Gasteiger partial charge is 0.493 e. The molecule has 30 heavy (non-hydrogen) atoms. The first-order valence-corrected chi connectivity index (χ1v) is 11.0. The number of nitrogens with one attached hydrogen (secondary N) is 1. The van der Waals surface area contributed by atoms with Crippen molar-refractivity contribution in [2.75, 3.05) is 33.4 Å². The summed E-state index contributed by atoms with van der Waals surface area (Å²) in [4.78, 5) is 6.69. The third-order valence-electron chi connectivity index (χ3n) is 5.61. The Morgan fingerprint density at radius 2 is 1.87 bits per heavy atom. The lowest BCUT2D eigenvalue weighted by Crippen LogP contribution is -2.37. The maximum Gasteiger partial charge on any atom is 0.161 e. The molecule has 1 fully saturated rings. The lowest BCUT2D eigenvalue weighted by Gasteiger charge is -2.26. The molecular weight excluding hydrogens is 380 g/mol. The number of hydrogen-bond acceptors (Lipinski definition) is 6. The van der Waals surface area contributed by atoms with E-state index in [0.717, 1.165) is 24.5 Å². The van der Waals surface area contributed by atoms with Crippen LogP contribution in [0.4, 0.5) is 0 Å². The molecule has 0 spiro atoms. The zero-order valence-corrected chi connectivity index (χ0v) is 18.3. The van der Waals surface area contributed by atoms with Crippen LogP contribution in [0.25, 0.3) is 0 Å². The summed E-state index contributed by atoms with van der Waals surface area (Å²) in [5.74, 6) is 2.34. The zero-order valence-electron chi connectivity index (χ0n) is 18.3. The number of hydrogen-bond donors (Lipinski definition) is 2. The minimum atomic E-state index is -0.515. The minimum absolute atomic E-state index is 0.261. The Bertz CT molecular complexity index is 757. The number of likely N-dealkylation sites (tertiary alicyclic amines) is 1. The van der Waals surface area contributed by atoms with E-state index in [2.05, 4.69) is 15.2 Å². The lowest BCUT2D eigenvalue weighted by molar-refractivity contribution is 0.0644. The summed E-state index contributed by atoms with van der Waals surface area (Å²) in [5, 5.41) is 13.9. The first-order valence-electron chi connectivity index (χ1n) is 11.0. The maximum absolute atomic E-state index is 10.5. The fraction of sp³-hybridized carbons (Fsp3) is 0.609. The van der Waals surface area contributed by atoms with Gasteiger partial charge in [0.15, 0.2) is 11.5 Å². The smallest absolute Gasteiger partial charge is 0.161 e. The van der Waals surface area contributed by atoms with Gasteiger partial charge in [-0.25, -0.2) is 4.98 Å². The van der Waals surface area contributed by atoms with Crippen molar-refractivity contribution in [3.63, 3.8) is 0 Å². The van der Waals surface area contributed by atoms with Gasteiger partial charge < -0.3 is 29.4 Å². The maximum atomic E-state index is 10.5. The fourth-order valence-electron chi connectivity index (χ4n) is 3.86. The van der Waals surface area contributed by atoms with E-state index in [0.29, 0.717) is 31.1 Å². The molecule has 166 valence electrons. The van der Waals surface area contributed by atoms with Crippen LogP contribution in [0.3, 0.4) is 0 Å². The molecule has 1 unspecified atom stereocenters. The monoisotopic (exact) mass is 416 g/mol. The van der Waals surface area contributed by atoms with Gasteiger partial charge in [0.1, 0.15) is 18.5 Å². The molecule has 0 amide bonds. The predicted octanol–water partition coefficient (Wildman–Crippen LogP) is 2.72. The molecule has 0 bridgehead atoms. The Labute approximate surface area is 180 Å². The summed E-state index contributed by atoms with van der Waals surface area (Å²) in [6.07, 6.45) is 9.58. The molecule has 1 saturated heterocycles. The molecule has 3 rings (SSSR count). The van der Waals surface area contributed by atoms with Crippen LogP contribution in [0.2, 0.25) is 0 Å². The number of aryl methyl sites for hydroxylation is 1. The SMILES string of the molecule is COc1ccc(CNCc2nccn2C)cc1OCC(O)CN1CCCCCCC1. The first kappa shape index (κ1) is 22.6. The van der Waals surface area contributed by atoms with Crippen LogP contribution in [-0.4, -0.2) is 59.0 Å². The molecule has 2 N–H and O–H groups in total. The van der Waals surface area contributed by atoms with E-state index in [1.807, 2.05) is 36.0 Å². The number of aliphatic hydroxyl groups excluding tert-OH is 1. The average Bonchev–Trinajstić information content (AvgIpc) is 3.13. The van der Waals surface area contributed by atoms with Crippen molar-refractivity contribution in [3.8, 4) is 11.5 Å². The van der Waals surface area contributed by atoms with Crippen molar-refractivity contribution >= 4 is 0 Å².